The molecule has 13 nitrogen and oxygen atoms in total. The highest BCUT2D eigenvalue weighted by atomic mass is 16.5. The van der Waals surface area contributed by atoms with E-state index in [1.165, 1.54) is 17.2 Å². The van der Waals surface area contributed by atoms with Crippen molar-refractivity contribution in [1.29, 1.82) is 0 Å². The molecule has 1 aliphatic heterocycles. The van der Waals surface area contributed by atoms with Gasteiger partial charge in [-0.2, -0.15) is 0 Å². The highest BCUT2D eigenvalue weighted by Gasteiger charge is 2.44. The molecule has 1 fully saturated rings. The van der Waals surface area contributed by atoms with Crippen LogP contribution in [0, 0.1) is 0 Å². The Morgan fingerprint density at radius 2 is 2.17 bits per heavy atom. The fraction of sp³-hybridized carbons (Fsp3) is 0.500. The second-order valence-corrected chi connectivity index (χ2v) is 4.75. The SMILES string of the molecule is [N-]=[N+]=NC[C@H]1OC(n2cnc3c(N)ncnc32)[C@H](O)[C@@H]1N=[N+]=[N-]. The van der Waals surface area contributed by atoms with Gasteiger partial charge in [0.05, 0.1) is 25.0 Å². The molecule has 0 aromatic carbocycles. The van der Waals surface area contributed by atoms with Crippen LogP contribution in [0.15, 0.2) is 22.9 Å². The third-order valence-corrected chi connectivity index (χ3v) is 3.51. The van der Waals surface area contributed by atoms with Crippen LogP contribution in [-0.2, 0) is 4.74 Å². The van der Waals surface area contributed by atoms with Crippen LogP contribution in [0.1, 0.15) is 6.23 Å². The summed E-state index contributed by atoms with van der Waals surface area (Å²) >= 11 is 0. The van der Waals surface area contributed by atoms with Crippen LogP contribution in [0.3, 0.4) is 0 Å². The first kappa shape index (κ1) is 14.8. The van der Waals surface area contributed by atoms with E-state index in [0.717, 1.165) is 0 Å². The van der Waals surface area contributed by atoms with Crippen molar-refractivity contribution in [2.45, 2.75) is 24.5 Å². The monoisotopic (exact) mass is 317 g/mol. The van der Waals surface area contributed by atoms with Gasteiger partial charge in [-0.1, -0.05) is 10.2 Å². The number of ether oxygens (including phenoxy) is 1. The molecule has 23 heavy (non-hydrogen) atoms. The minimum absolute atomic E-state index is 0.0858. The number of hydrogen-bond acceptors (Lipinski definition) is 8. The zero-order valence-corrected chi connectivity index (χ0v) is 11.6. The smallest absolute Gasteiger partial charge is 0.167 e. The maximum absolute atomic E-state index is 10.4. The minimum atomic E-state index is -1.17. The lowest BCUT2D eigenvalue weighted by atomic mass is 10.1. The fourth-order valence-electron chi connectivity index (χ4n) is 2.49. The Hall–Kier alpha value is -3.11. The number of nitrogen functional groups attached to an aromatic ring is 1. The number of anilines is 1. The Morgan fingerprint density at radius 3 is 2.91 bits per heavy atom. The molecular formula is C10H11N11O2. The number of fused-ring (bicyclic) bond motifs is 1. The average Bonchev–Trinajstić information content (AvgIpc) is 3.10. The molecule has 13 heteroatoms. The third kappa shape index (κ3) is 2.45. The summed E-state index contributed by atoms with van der Waals surface area (Å²) in [5, 5.41) is 17.3. The quantitative estimate of drug-likeness (QED) is 0.471. The lowest BCUT2D eigenvalue weighted by Crippen LogP contribution is -2.31. The molecule has 3 heterocycles. The predicted molar refractivity (Wildman–Crippen MR) is 76.6 cm³/mol. The Labute approximate surface area is 128 Å². The molecule has 0 bridgehead atoms. The Kier molecular flexibility index (Phi) is 3.83. The topological polar surface area (TPSA) is 197 Å². The lowest BCUT2D eigenvalue weighted by Gasteiger charge is -2.16. The molecule has 118 valence electrons. The van der Waals surface area contributed by atoms with E-state index in [2.05, 4.69) is 35.0 Å². The first-order valence-electron chi connectivity index (χ1n) is 6.49. The molecular weight excluding hydrogens is 306 g/mol. The summed E-state index contributed by atoms with van der Waals surface area (Å²) in [4.78, 5) is 17.3. The Balaban J connectivity index is 2.00. The van der Waals surface area contributed by atoms with Crippen LogP contribution in [-0.4, -0.2) is 49.4 Å². The van der Waals surface area contributed by atoms with Gasteiger partial charge in [-0.25, -0.2) is 15.0 Å². The van der Waals surface area contributed by atoms with Gasteiger partial charge in [-0.3, -0.25) is 4.57 Å². The van der Waals surface area contributed by atoms with Crippen molar-refractivity contribution >= 4 is 17.0 Å². The maximum Gasteiger partial charge on any atom is 0.167 e. The number of rotatable bonds is 4. The molecule has 0 saturated carbocycles. The molecule has 1 saturated heterocycles. The molecule has 0 radical (unpaired) electrons. The van der Waals surface area contributed by atoms with Gasteiger partial charge in [0, 0.05) is 9.82 Å². The summed E-state index contributed by atoms with van der Waals surface area (Å²) in [5.74, 6) is 0.193. The molecule has 0 amide bonds. The average molecular weight is 317 g/mol. The van der Waals surface area contributed by atoms with Crippen molar-refractivity contribution < 1.29 is 9.84 Å². The number of nitrogens with two attached hydrogens (primary N) is 1. The molecule has 0 aliphatic carbocycles. The highest BCUT2D eigenvalue weighted by Crippen LogP contribution is 2.33. The maximum atomic E-state index is 10.4. The summed E-state index contributed by atoms with van der Waals surface area (Å²) in [6.45, 7) is -0.0858. The standard InChI is InChI=1S/C10H11N11O2/c11-8-6-9(15-2-14-8)21(3-16-6)10-7(22)5(18-20-13)4(23-10)1-17-19-12/h2-5,7,10,22H,1H2,(H2,11,14,15)/t4-,5-,7-,10?/m1/s1. The second kappa shape index (κ2) is 5.94. The van der Waals surface area contributed by atoms with Gasteiger partial charge in [0.1, 0.15) is 17.9 Å². The number of azide groups is 2. The van der Waals surface area contributed by atoms with Gasteiger partial charge < -0.3 is 15.6 Å². The molecule has 1 unspecified atom stereocenters. The van der Waals surface area contributed by atoms with E-state index in [4.69, 9.17) is 21.5 Å². The van der Waals surface area contributed by atoms with Crippen molar-refractivity contribution in [1.82, 2.24) is 19.5 Å². The molecule has 4 atom stereocenters. The van der Waals surface area contributed by atoms with E-state index >= 15 is 0 Å². The lowest BCUT2D eigenvalue weighted by molar-refractivity contribution is -0.0321. The van der Waals surface area contributed by atoms with E-state index < -0.39 is 24.5 Å². The van der Waals surface area contributed by atoms with E-state index in [-0.39, 0.29) is 12.4 Å². The summed E-state index contributed by atoms with van der Waals surface area (Å²) in [6.07, 6.45) is -0.188. The summed E-state index contributed by atoms with van der Waals surface area (Å²) in [6, 6.07) is -0.910. The number of imidazole rings is 1. The molecule has 2 aromatic heterocycles. The van der Waals surface area contributed by atoms with Crippen molar-refractivity contribution in [2.75, 3.05) is 12.3 Å². The first-order chi connectivity index (χ1) is 11.2. The van der Waals surface area contributed by atoms with Crippen molar-refractivity contribution in [2.24, 2.45) is 10.2 Å². The highest BCUT2D eigenvalue weighted by molar-refractivity contribution is 5.81. The number of aliphatic hydroxyl groups is 1. The van der Waals surface area contributed by atoms with Gasteiger partial charge in [-0.15, -0.1) is 0 Å². The Morgan fingerprint density at radius 1 is 1.35 bits per heavy atom. The van der Waals surface area contributed by atoms with E-state index in [1.54, 1.807) is 0 Å². The number of hydrogen-bond donors (Lipinski definition) is 2. The molecule has 0 spiro atoms. The van der Waals surface area contributed by atoms with Gasteiger partial charge >= 0.3 is 0 Å². The van der Waals surface area contributed by atoms with Crippen LogP contribution in [0.4, 0.5) is 5.82 Å². The zero-order valence-electron chi connectivity index (χ0n) is 11.6. The fourth-order valence-corrected chi connectivity index (χ4v) is 2.49. The van der Waals surface area contributed by atoms with E-state index in [0.29, 0.717) is 11.2 Å². The van der Waals surface area contributed by atoms with Crippen molar-refractivity contribution in [3.05, 3.63) is 33.5 Å². The van der Waals surface area contributed by atoms with E-state index in [1.807, 2.05) is 0 Å². The number of aliphatic hydroxyl groups excluding tert-OH is 1. The predicted octanol–water partition coefficient (Wildman–Crippen LogP) is 0.656. The third-order valence-electron chi connectivity index (χ3n) is 3.51. The van der Waals surface area contributed by atoms with Gasteiger partial charge in [0.25, 0.3) is 0 Å². The second-order valence-electron chi connectivity index (χ2n) is 4.75. The van der Waals surface area contributed by atoms with Crippen molar-refractivity contribution in [3.8, 4) is 0 Å². The van der Waals surface area contributed by atoms with Crippen molar-refractivity contribution in [3.63, 3.8) is 0 Å². The van der Waals surface area contributed by atoms with Gasteiger partial charge in [0.2, 0.25) is 0 Å². The van der Waals surface area contributed by atoms with Crippen LogP contribution in [0.5, 0.6) is 0 Å². The van der Waals surface area contributed by atoms with E-state index in [9.17, 15) is 5.11 Å². The summed E-state index contributed by atoms with van der Waals surface area (Å²) in [5.41, 5.74) is 23.5. The summed E-state index contributed by atoms with van der Waals surface area (Å²) in [7, 11) is 0. The number of aromatic nitrogens is 4. The first-order valence-corrected chi connectivity index (χ1v) is 6.49. The molecule has 2 aromatic rings. The summed E-state index contributed by atoms with van der Waals surface area (Å²) < 4.78 is 7.14. The van der Waals surface area contributed by atoms with Crippen LogP contribution < -0.4 is 5.73 Å². The number of nitrogens with zero attached hydrogens (tertiary/aromatic N) is 10. The van der Waals surface area contributed by atoms with Crippen LogP contribution in [0.2, 0.25) is 0 Å². The molecule has 1 aliphatic rings. The minimum Gasteiger partial charge on any atom is -0.388 e. The zero-order chi connectivity index (χ0) is 16.4. The Bertz CT molecular complexity index is 821. The van der Waals surface area contributed by atoms with Gasteiger partial charge in [0.15, 0.2) is 17.7 Å². The largest absolute Gasteiger partial charge is 0.388 e. The molecule has 3 N–H and O–H groups in total. The van der Waals surface area contributed by atoms with Crippen LogP contribution in [0.25, 0.3) is 32.0 Å². The van der Waals surface area contributed by atoms with Crippen LogP contribution >= 0.6 is 0 Å². The molecule has 3 rings (SSSR count). The van der Waals surface area contributed by atoms with Gasteiger partial charge in [-0.05, 0) is 11.1 Å². The normalized spacial score (nSPS) is 26.7.